The zero-order valence-corrected chi connectivity index (χ0v) is 10.4. The molecule has 92 valence electrons. The molecular formula is C15H22N2. The number of nitrogens with two attached hydrogens (primary N) is 1. The van der Waals surface area contributed by atoms with Crippen LogP contribution < -0.4 is 5.73 Å². The largest absolute Gasteiger partial charge is 0.328 e. The Morgan fingerprint density at radius 2 is 1.71 bits per heavy atom. The summed E-state index contributed by atoms with van der Waals surface area (Å²) in [5.74, 6) is 0. The molecule has 2 fully saturated rings. The van der Waals surface area contributed by atoms with Crippen molar-refractivity contribution in [2.45, 2.75) is 43.7 Å². The summed E-state index contributed by atoms with van der Waals surface area (Å²) in [5, 5.41) is 0. The molecular weight excluding hydrogens is 208 g/mol. The van der Waals surface area contributed by atoms with Gasteiger partial charge in [0.1, 0.15) is 0 Å². The highest BCUT2D eigenvalue weighted by Gasteiger charge is 2.42. The quantitative estimate of drug-likeness (QED) is 0.845. The van der Waals surface area contributed by atoms with E-state index in [1.807, 2.05) is 0 Å². The molecule has 1 aromatic carbocycles. The van der Waals surface area contributed by atoms with Crippen molar-refractivity contribution in [1.29, 1.82) is 0 Å². The first kappa shape index (κ1) is 11.2. The molecule has 0 atom stereocenters. The van der Waals surface area contributed by atoms with Crippen LogP contribution in [0.3, 0.4) is 0 Å². The first-order chi connectivity index (χ1) is 8.31. The molecule has 1 aromatic rings. The standard InChI is InChI=1S/C15H22N2/c16-14-7-9-15(10-8-14,17-11-4-12-17)13-5-2-1-3-6-13/h1-3,5-6,14H,4,7-12,16H2. The van der Waals surface area contributed by atoms with E-state index in [1.54, 1.807) is 0 Å². The third-order valence-electron chi connectivity index (χ3n) is 4.63. The topological polar surface area (TPSA) is 29.3 Å². The molecule has 0 unspecified atom stereocenters. The molecule has 2 aliphatic rings. The predicted octanol–water partition coefficient (Wildman–Crippen LogP) is 2.49. The van der Waals surface area contributed by atoms with Crippen molar-refractivity contribution in [3.8, 4) is 0 Å². The van der Waals surface area contributed by atoms with E-state index in [0.29, 0.717) is 11.6 Å². The highest BCUT2D eigenvalue weighted by atomic mass is 15.2. The lowest BCUT2D eigenvalue weighted by atomic mass is 9.72. The molecule has 17 heavy (non-hydrogen) atoms. The first-order valence-corrected chi connectivity index (χ1v) is 6.87. The fourth-order valence-corrected chi connectivity index (χ4v) is 3.40. The van der Waals surface area contributed by atoms with Gasteiger partial charge in [0.05, 0.1) is 0 Å². The molecule has 1 aliphatic heterocycles. The zero-order valence-electron chi connectivity index (χ0n) is 10.4. The highest BCUT2D eigenvalue weighted by Crippen LogP contribution is 2.44. The number of nitrogens with zero attached hydrogens (tertiary/aromatic N) is 1. The summed E-state index contributed by atoms with van der Waals surface area (Å²) in [4.78, 5) is 2.67. The minimum atomic E-state index is 0.301. The van der Waals surface area contributed by atoms with Crippen molar-refractivity contribution in [3.05, 3.63) is 35.9 Å². The molecule has 1 heterocycles. The van der Waals surface area contributed by atoms with Crippen LogP contribution in [0.1, 0.15) is 37.7 Å². The fourth-order valence-electron chi connectivity index (χ4n) is 3.40. The maximum Gasteiger partial charge on any atom is 0.0461 e. The summed E-state index contributed by atoms with van der Waals surface area (Å²) in [6.07, 6.45) is 6.17. The van der Waals surface area contributed by atoms with Crippen molar-refractivity contribution in [3.63, 3.8) is 0 Å². The van der Waals surface area contributed by atoms with E-state index in [-0.39, 0.29) is 0 Å². The van der Waals surface area contributed by atoms with Gasteiger partial charge in [-0.3, -0.25) is 4.90 Å². The van der Waals surface area contributed by atoms with Gasteiger partial charge in [0.15, 0.2) is 0 Å². The number of likely N-dealkylation sites (tertiary alicyclic amines) is 1. The smallest absolute Gasteiger partial charge is 0.0461 e. The van der Waals surface area contributed by atoms with Crippen LogP contribution in [-0.4, -0.2) is 24.0 Å². The Hall–Kier alpha value is -0.860. The summed E-state index contributed by atoms with van der Waals surface area (Å²) < 4.78 is 0. The Bertz CT molecular complexity index is 362. The molecule has 1 saturated carbocycles. The summed E-state index contributed by atoms with van der Waals surface area (Å²) >= 11 is 0. The molecule has 0 radical (unpaired) electrons. The average Bonchev–Trinajstić information content (AvgIpc) is 2.31. The Balaban J connectivity index is 1.91. The average molecular weight is 230 g/mol. The van der Waals surface area contributed by atoms with E-state index in [2.05, 4.69) is 35.2 Å². The SMILES string of the molecule is NC1CCC(c2ccccc2)(N2CCC2)CC1. The number of hydrogen-bond donors (Lipinski definition) is 1. The first-order valence-electron chi connectivity index (χ1n) is 6.87. The van der Waals surface area contributed by atoms with E-state index >= 15 is 0 Å². The van der Waals surface area contributed by atoms with Crippen LogP contribution in [0.25, 0.3) is 0 Å². The lowest BCUT2D eigenvalue weighted by molar-refractivity contribution is -0.00606. The van der Waals surface area contributed by atoms with Crippen LogP contribution in [0.2, 0.25) is 0 Å². The van der Waals surface area contributed by atoms with Crippen LogP contribution >= 0.6 is 0 Å². The van der Waals surface area contributed by atoms with Crippen LogP contribution in [0.4, 0.5) is 0 Å². The van der Waals surface area contributed by atoms with Gasteiger partial charge in [0.2, 0.25) is 0 Å². The van der Waals surface area contributed by atoms with Gasteiger partial charge >= 0.3 is 0 Å². The molecule has 2 heteroatoms. The van der Waals surface area contributed by atoms with Gasteiger partial charge in [0.25, 0.3) is 0 Å². The highest BCUT2D eigenvalue weighted by molar-refractivity contribution is 5.26. The molecule has 0 spiro atoms. The Labute approximate surface area is 104 Å². The zero-order chi connectivity index (χ0) is 11.7. The van der Waals surface area contributed by atoms with Gasteiger partial charge in [-0.05, 0) is 37.7 Å². The third kappa shape index (κ3) is 1.90. The number of benzene rings is 1. The minimum absolute atomic E-state index is 0.301. The van der Waals surface area contributed by atoms with Crippen LogP contribution in [0, 0.1) is 0 Å². The van der Waals surface area contributed by atoms with Crippen molar-refractivity contribution in [2.75, 3.05) is 13.1 Å². The molecule has 1 aliphatic carbocycles. The maximum atomic E-state index is 6.08. The molecule has 0 bridgehead atoms. The van der Waals surface area contributed by atoms with Crippen molar-refractivity contribution in [1.82, 2.24) is 4.90 Å². The van der Waals surface area contributed by atoms with Crippen molar-refractivity contribution < 1.29 is 0 Å². The molecule has 0 aromatic heterocycles. The van der Waals surface area contributed by atoms with Crippen LogP contribution in [-0.2, 0) is 5.54 Å². The van der Waals surface area contributed by atoms with Gasteiger partial charge in [-0.1, -0.05) is 30.3 Å². The van der Waals surface area contributed by atoms with E-state index in [9.17, 15) is 0 Å². The summed E-state index contributed by atoms with van der Waals surface area (Å²) in [6, 6.07) is 11.5. The van der Waals surface area contributed by atoms with E-state index < -0.39 is 0 Å². The lowest BCUT2D eigenvalue weighted by Crippen LogP contribution is -2.55. The summed E-state index contributed by atoms with van der Waals surface area (Å²) in [5.41, 5.74) is 7.88. The lowest BCUT2D eigenvalue weighted by Gasteiger charge is -2.52. The van der Waals surface area contributed by atoms with Crippen molar-refractivity contribution >= 4 is 0 Å². The monoisotopic (exact) mass is 230 g/mol. The second kappa shape index (κ2) is 4.43. The molecule has 3 rings (SSSR count). The Morgan fingerprint density at radius 3 is 2.24 bits per heavy atom. The van der Waals surface area contributed by atoms with Crippen LogP contribution in [0.15, 0.2) is 30.3 Å². The normalized spacial score (nSPS) is 34.3. The second-order valence-electron chi connectivity index (χ2n) is 5.58. The summed E-state index contributed by atoms with van der Waals surface area (Å²) in [7, 11) is 0. The van der Waals surface area contributed by atoms with Crippen LogP contribution in [0.5, 0.6) is 0 Å². The molecule has 2 N–H and O–H groups in total. The van der Waals surface area contributed by atoms with Gasteiger partial charge in [-0.15, -0.1) is 0 Å². The fraction of sp³-hybridized carbons (Fsp3) is 0.600. The molecule has 2 nitrogen and oxygen atoms in total. The minimum Gasteiger partial charge on any atom is -0.328 e. The van der Waals surface area contributed by atoms with Gasteiger partial charge in [-0.2, -0.15) is 0 Å². The van der Waals surface area contributed by atoms with E-state index in [0.717, 1.165) is 0 Å². The van der Waals surface area contributed by atoms with Gasteiger partial charge in [0, 0.05) is 24.7 Å². The molecule has 0 amide bonds. The second-order valence-corrected chi connectivity index (χ2v) is 5.58. The number of rotatable bonds is 2. The van der Waals surface area contributed by atoms with E-state index in [1.165, 1.54) is 50.8 Å². The summed E-state index contributed by atoms with van der Waals surface area (Å²) in [6.45, 7) is 2.54. The molecule has 1 saturated heterocycles. The maximum absolute atomic E-state index is 6.08. The Kier molecular flexibility index (Phi) is 2.93. The van der Waals surface area contributed by atoms with Gasteiger partial charge < -0.3 is 5.73 Å². The van der Waals surface area contributed by atoms with Crippen molar-refractivity contribution in [2.24, 2.45) is 5.73 Å². The Morgan fingerprint density at radius 1 is 1.06 bits per heavy atom. The third-order valence-corrected chi connectivity index (χ3v) is 4.63. The predicted molar refractivity (Wildman–Crippen MR) is 70.8 cm³/mol. The van der Waals surface area contributed by atoms with Gasteiger partial charge in [-0.25, -0.2) is 0 Å². The number of hydrogen-bond acceptors (Lipinski definition) is 2. The van der Waals surface area contributed by atoms with E-state index in [4.69, 9.17) is 5.73 Å².